The Morgan fingerprint density at radius 2 is 1.50 bits per heavy atom. The molecule has 0 bridgehead atoms. The zero-order valence-electron chi connectivity index (χ0n) is 14.7. The van der Waals surface area contributed by atoms with Gasteiger partial charge in [0.15, 0.2) is 0 Å². The van der Waals surface area contributed by atoms with E-state index in [4.69, 9.17) is 9.47 Å². The molecular formula is C23H22O3. The number of hydrogen-bond acceptors (Lipinski definition) is 3. The summed E-state index contributed by atoms with van der Waals surface area (Å²) in [5.41, 5.74) is 2.53. The maximum absolute atomic E-state index is 13.2. The zero-order valence-corrected chi connectivity index (χ0v) is 14.7. The molecule has 3 heteroatoms. The van der Waals surface area contributed by atoms with Crippen molar-refractivity contribution in [3.63, 3.8) is 0 Å². The first-order valence-electron chi connectivity index (χ1n) is 9.55. The van der Waals surface area contributed by atoms with Crippen molar-refractivity contribution in [1.29, 1.82) is 0 Å². The molecule has 2 aromatic rings. The first-order chi connectivity index (χ1) is 12.8. The molecule has 2 heterocycles. The van der Waals surface area contributed by atoms with Gasteiger partial charge in [0, 0.05) is 17.5 Å². The van der Waals surface area contributed by atoms with E-state index in [0.717, 1.165) is 35.5 Å². The number of carbonyl (C=O) groups excluding carboxylic acids is 1. The maximum Gasteiger partial charge on any atom is 0.322 e. The lowest BCUT2D eigenvalue weighted by atomic mass is 9.70. The molecule has 26 heavy (non-hydrogen) atoms. The quantitative estimate of drug-likeness (QED) is 0.520. The van der Waals surface area contributed by atoms with Crippen LogP contribution in [0, 0.1) is 0 Å². The number of cyclic esters (lactones) is 1. The van der Waals surface area contributed by atoms with Gasteiger partial charge in [-0.3, -0.25) is 4.79 Å². The van der Waals surface area contributed by atoms with Crippen LogP contribution in [0.25, 0.3) is 0 Å². The van der Waals surface area contributed by atoms with Crippen LogP contribution in [-0.4, -0.2) is 12.1 Å². The molecule has 1 spiro atoms. The summed E-state index contributed by atoms with van der Waals surface area (Å²) in [5, 5.41) is 0. The summed E-state index contributed by atoms with van der Waals surface area (Å²) in [6.07, 6.45) is 8.78. The van der Waals surface area contributed by atoms with Crippen molar-refractivity contribution in [3.8, 4) is 11.5 Å². The van der Waals surface area contributed by atoms with Gasteiger partial charge < -0.3 is 9.47 Å². The normalized spacial score (nSPS) is 23.0. The third-order valence-corrected chi connectivity index (χ3v) is 5.95. The van der Waals surface area contributed by atoms with Crippen molar-refractivity contribution in [2.75, 3.05) is 0 Å². The lowest BCUT2D eigenvalue weighted by Gasteiger charge is -2.33. The van der Waals surface area contributed by atoms with Crippen molar-refractivity contribution in [2.24, 2.45) is 0 Å². The van der Waals surface area contributed by atoms with Gasteiger partial charge in [0.1, 0.15) is 23.0 Å². The molecule has 0 radical (unpaired) electrons. The van der Waals surface area contributed by atoms with Gasteiger partial charge in [0.25, 0.3) is 0 Å². The van der Waals surface area contributed by atoms with Crippen LogP contribution in [0.1, 0.15) is 49.7 Å². The molecule has 0 unspecified atom stereocenters. The van der Waals surface area contributed by atoms with E-state index in [1.165, 1.54) is 24.8 Å². The Balaban J connectivity index is 1.61. The van der Waals surface area contributed by atoms with Gasteiger partial charge in [-0.2, -0.15) is 0 Å². The molecular weight excluding hydrogens is 324 g/mol. The number of esters is 1. The van der Waals surface area contributed by atoms with Crippen molar-refractivity contribution in [2.45, 2.75) is 50.0 Å². The minimum Gasteiger partial charge on any atom is -0.457 e. The van der Waals surface area contributed by atoms with Crippen LogP contribution in [-0.2, 0) is 14.9 Å². The number of benzene rings is 2. The summed E-state index contributed by atoms with van der Waals surface area (Å²) in [5.74, 6) is 1.36. The number of rotatable bonds is 1. The van der Waals surface area contributed by atoms with Crippen LogP contribution in [0.15, 0.2) is 60.2 Å². The minimum absolute atomic E-state index is 0.154. The minimum atomic E-state index is -0.762. The van der Waals surface area contributed by atoms with Gasteiger partial charge in [0.2, 0.25) is 0 Å². The largest absolute Gasteiger partial charge is 0.457 e. The van der Waals surface area contributed by atoms with Crippen LogP contribution in [0.2, 0.25) is 0 Å². The molecule has 3 nitrogen and oxygen atoms in total. The average Bonchev–Trinajstić information content (AvgIpc) is 2.99. The molecule has 2 aliphatic heterocycles. The highest BCUT2D eigenvalue weighted by molar-refractivity contribution is 5.92. The Bertz CT molecular complexity index is 842. The summed E-state index contributed by atoms with van der Waals surface area (Å²) in [4.78, 5) is 13.2. The van der Waals surface area contributed by atoms with Crippen molar-refractivity contribution >= 4 is 5.97 Å². The summed E-state index contributed by atoms with van der Waals surface area (Å²) >= 11 is 0. The van der Waals surface area contributed by atoms with Crippen molar-refractivity contribution in [3.05, 3.63) is 71.3 Å². The van der Waals surface area contributed by atoms with E-state index in [1.807, 2.05) is 48.5 Å². The fraction of sp³-hybridized carbons (Fsp3) is 0.348. The van der Waals surface area contributed by atoms with E-state index in [9.17, 15) is 4.79 Å². The Morgan fingerprint density at radius 3 is 2.15 bits per heavy atom. The van der Waals surface area contributed by atoms with E-state index in [0.29, 0.717) is 6.42 Å². The number of ether oxygens (including phenoxy) is 2. The zero-order chi connectivity index (χ0) is 17.6. The second kappa shape index (κ2) is 6.01. The van der Waals surface area contributed by atoms with Crippen molar-refractivity contribution in [1.82, 2.24) is 0 Å². The van der Waals surface area contributed by atoms with Gasteiger partial charge in [-0.1, -0.05) is 48.4 Å². The topological polar surface area (TPSA) is 35.5 Å². The maximum atomic E-state index is 13.2. The molecule has 0 aromatic heterocycles. The molecule has 0 N–H and O–H groups in total. The highest BCUT2D eigenvalue weighted by atomic mass is 16.6. The summed E-state index contributed by atoms with van der Waals surface area (Å²) in [6.45, 7) is 0. The Labute approximate surface area is 153 Å². The van der Waals surface area contributed by atoms with Crippen LogP contribution in [0.3, 0.4) is 0 Å². The highest BCUT2D eigenvalue weighted by Crippen LogP contribution is 2.54. The standard InChI is InChI=1S/C23H22O3/c24-22-23(15-17(25-22)14-16-8-2-1-3-9-16)18-10-4-6-12-20(18)26-21-13-7-5-11-19(21)23/h4-7,10-14,17H,1-3,8-9,15H2/t17-/m1/s1. The Hall–Kier alpha value is -2.55. The van der Waals surface area contributed by atoms with E-state index in [2.05, 4.69) is 6.08 Å². The number of hydrogen-bond donors (Lipinski definition) is 0. The second-order valence-electron chi connectivity index (χ2n) is 7.53. The number of carbonyl (C=O) groups is 1. The van der Waals surface area contributed by atoms with Crippen LogP contribution in [0.5, 0.6) is 11.5 Å². The smallest absolute Gasteiger partial charge is 0.322 e. The fourth-order valence-corrected chi connectivity index (χ4v) is 4.71. The van der Waals surface area contributed by atoms with Crippen molar-refractivity contribution < 1.29 is 14.3 Å². The van der Waals surface area contributed by atoms with Gasteiger partial charge in [0.05, 0.1) is 0 Å². The molecule has 132 valence electrons. The van der Waals surface area contributed by atoms with E-state index in [1.54, 1.807) is 0 Å². The van der Waals surface area contributed by atoms with Gasteiger partial charge >= 0.3 is 5.97 Å². The SMILES string of the molecule is O=C1O[C@H](C=C2CCCCC2)CC12c1ccccc1Oc1ccccc12. The van der Waals surface area contributed by atoms with Crippen LogP contribution >= 0.6 is 0 Å². The molecule has 3 aliphatic rings. The second-order valence-corrected chi connectivity index (χ2v) is 7.53. The first kappa shape index (κ1) is 15.7. The molecule has 1 saturated carbocycles. The number of fused-ring (bicyclic) bond motifs is 4. The lowest BCUT2D eigenvalue weighted by molar-refractivity contribution is -0.143. The third-order valence-electron chi connectivity index (χ3n) is 5.95. The predicted octanol–water partition coefficient (Wildman–Crippen LogP) is 5.28. The highest BCUT2D eigenvalue weighted by Gasteiger charge is 2.55. The van der Waals surface area contributed by atoms with E-state index in [-0.39, 0.29) is 12.1 Å². The molecule has 1 atom stereocenters. The van der Waals surface area contributed by atoms with E-state index >= 15 is 0 Å². The van der Waals surface area contributed by atoms with Crippen LogP contribution < -0.4 is 4.74 Å². The summed E-state index contributed by atoms with van der Waals surface area (Å²) < 4.78 is 12.0. The monoisotopic (exact) mass is 346 g/mol. The third kappa shape index (κ3) is 2.30. The number of para-hydroxylation sites is 2. The van der Waals surface area contributed by atoms with E-state index < -0.39 is 5.41 Å². The molecule has 0 amide bonds. The summed E-state index contributed by atoms with van der Waals surface area (Å²) in [7, 11) is 0. The van der Waals surface area contributed by atoms with Gasteiger partial charge in [-0.25, -0.2) is 0 Å². The Morgan fingerprint density at radius 1 is 0.885 bits per heavy atom. The summed E-state index contributed by atoms with van der Waals surface area (Å²) in [6, 6.07) is 15.7. The molecule has 2 aromatic carbocycles. The van der Waals surface area contributed by atoms with Gasteiger partial charge in [-0.05, 0) is 43.9 Å². The molecule has 1 aliphatic carbocycles. The fourth-order valence-electron chi connectivity index (χ4n) is 4.71. The average molecular weight is 346 g/mol. The Kier molecular flexibility index (Phi) is 3.63. The predicted molar refractivity (Wildman–Crippen MR) is 99.4 cm³/mol. The van der Waals surface area contributed by atoms with Crippen LogP contribution in [0.4, 0.5) is 0 Å². The molecule has 1 saturated heterocycles. The van der Waals surface area contributed by atoms with Gasteiger partial charge in [-0.15, -0.1) is 0 Å². The lowest BCUT2D eigenvalue weighted by Crippen LogP contribution is -2.36. The molecule has 5 rings (SSSR count). The molecule has 2 fully saturated rings. The number of allylic oxidation sites excluding steroid dienone is 1. The first-order valence-corrected chi connectivity index (χ1v) is 9.55.